The van der Waals surface area contributed by atoms with Crippen molar-refractivity contribution in [2.45, 2.75) is 46.0 Å². The van der Waals surface area contributed by atoms with Crippen LogP contribution < -0.4 is 4.74 Å². The number of hydrogen-bond acceptors (Lipinski definition) is 5. The molecule has 28 heavy (non-hydrogen) atoms. The Morgan fingerprint density at radius 3 is 2.96 bits per heavy atom. The average molecular weight is 380 g/mol. The van der Waals surface area contributed by atoms with E-state index in [2.05, 4.69) is 11.2 Å². The largest absolute Gasteiger partial charge is 0.490 e. The van der Waals surface area contributed by atoms with Crippen LogP contribution in [-0.2, 0) is 24.4 Å². The number of nitrogens with zero attached hydrogens (tertiary/aromatic N) is 4. The standard InChI is InChI=1S/C21H24N4O3/c1-14(2)28-20-4-3-15(8-22)7-18(20)21(26)24-10-17-11-25(23-19(17)12-24)9-16-5-6-27-13-16/h3-4,7,11,14,16H,5-6,9-10,12-13H2,1-2H3. The Hall–Kier alpha value is -2.85. The van der Waals surface area contributed by atoms with E-state index in [4.69, 9.17) is 9.47 Å². The van der Waals surface area contributed by atoms with E-state index in [0.29, 0.717) is 35.9 Å². The lowest BCUT2D eigenvalue weighted by atomic mass is 10.1. The molecule has 7 heteroatoms. The van der Waals surface area contributed by atoms with E-state index < -0.39 is 0 Å². The zero-order valence-corrected chi connectivity index (χ0v) is 16.2. The summed E-state index contributed by atoms with van der Waals surface area (Å²) in [5.41, 5.74) is 2.89. The molecule has 0 spiro atoms. The summed E-state index contributed by atoms with van der Waals surface area (Å²) in [6.45, 7) is 7.30. The first kappa shape index (κ1) is 18.5. The van der Waals surface area contributed by atoms with Crippen LogP contribution in [0, 0.1) is 17.2 Å². The van der Waals surface area contributed by atoms with E-state index in [-0.39, 0.29) is 12.0 Å². The highest BCUT2D eigenvalue weighted by atomic mass is 16.5. The van der Waals surface area contributed by atoms with E-state index in [1.165, 1.54) is 0 Å². The van der Waals surface area contributed by atoms with Gasteiger partial charge in [0, 0.05) is 37.4 Å². The van der Waals surface area contributed by atoms with Gasteiger partial charge in [0.25, 0.3) is 5.91 Å². The molecule has 1 saturated heterocycles. The SMILES string of the molecule is CC(C)Oc1ccc(C#N)cc1C(=O)N1Cc2cn(CC3CCOC3)nc2C1. The number of carbonyl (C=O) groups excluding carboxylic acids is 1. The Labute approximate surface area is 164 Å². The summed E-state index contributed by atoms with van der Waals surface area (Å²) in [5.74, 6) is 0.888. The Bertz CT molecular complexity index is 899. The summed E-state index contributed by atoms with van der Waals surface area (Å²) in [4.78, 5) is 14.9. The van der Waals surface area contributed by atoms with Gasteiger partial charge in [0.1, 0.15) is 5.75 Å². The van der Waals surface area contributed by atoms with E-state index >= 15 is 0 Å². The smallest absolute Gasteiger partial charge is 0.258 e. The molecule has 0 bridgehead atoms. The molecule has 3 heterocycles. The summed E-state index contributed by atoms with van der Waals surface area (Å²) in [6.07, 6.45) is 3.05. The predicted octanol–water partition coefficient (Wildman–Crippen LogP) is 2.73. The lowest BCUT2D eigenvalue weighted by Gasteiger charge is -2.19. The van der Waals surface area contributed by atoms with Crippen molar-refractivity contribution in [2.75, 3.05) is 13.2 Å². The fourth-order valence-electron chi connectivity index (χ4n) is 3.73. The van der Waals surface area contributed by atoms with Gasteiger partial charge in [-0.1, -0.05) is 0 Å². The number of carbonyl (C=O) groups is 1. The van der Waals surface area contributed by atoms with Crippen LogP contribution in [0.15, 0.2) is 24.4 Å². The molecule has 0 saturated carbocycles. The van der Waals surface area contributed by atoms with Crippen LogP contribution in [0.2, 0.25) is 0 Å². The maximum atomic E-state index is 13.1. The lowest BCUT2D eigenvalue weighted by Crippen LogP contribution is -2.27. The first-order valence-electron chi connectivity index (χ1n) is 9.66. The number of fused-ring (bicyclic) bond motifs is 1. The molecule has 1 aromatic heterocycles. The van der Waals surface area contributed by atoms with Crippen LogP contribution in [0.3, 0.4) is 0 Å². The van der Waals surface area contributed by atoms with E-state index in [9.17, 15) is 10.1 Å². The third-order valence-corrected chi connectivity index (χ3v) is 5.08. The summed E-state index contributed by atoms with van der Waals surface area (Å²) >= 11 is 0. The molecule has 1 unspecified atom stereocenters. The highest BCUT2D eigenvalue weighted by Gasteiger charge is 2.29. The first-order valence-corrected chi connectivity index (χ1v) is 9.66. The van der Waals surface area contributed by atoms with Crippen molar-refractivity contribution in [3.8, 4) is 11.8 Å². The maximum absolute atomic E-state index is 13.1. The van der Waals surface area contributed by atoms with E-state index in [0.717, 1.165) is 37.4 Å². The van der Waals surface area contributed by atoms with Crippen molar-refractivity contribution >= 4 is 5.91 Å². The minimum absolute atomic E-state index is 0.0577. The molecule has 1 amide bonds. The topological polar surface area (TPSA) is 80.4 Å². The Morgan fingerprint density at radius 2 is 2.29 bits per heavy atom. The second-order valence-corrected chi connectivity index (χ2v) is 7.70. The number of hydrogen-bond donors (Lipinski definition) is 0. The van der Waals surface area contributed by atoms with Gasteiger partial charge in [0.15, 0.2) is 0 Å². The van der Waals surface area contributed by atoms with Crippen molar-refractivity contribution < 1.29 is 14.3 Å². The van der Waals surface area contributed by atoms with Gasteiger partial charge >= 0.3 is 0 Å². The molecule has 1 atom stereocenters. The van der Waals surface area contributed by atoms with Crippen molar-refractivity contribution in [3.63, 3.8) is 0 Å². The van der Waals surface area contributed by atoms with E-state index in [1.807, 2.05) is 24.7 Å². The summed E-state index contributed by atoms with van der Waals surface area (Å²) in [7, 11) is 0. The van der Waals surface area contributed by atoms with Gasteiger partial charge in [-0.2, -0.15) is 10.4 Å². The molecule has 4 rings (SSSR count). The number of rotatable bonds is 5. The summed E-state index contributed by atoms with van der Waals surface area (Å²) in [6, 6.07) is 7.07. The molecule has 2 aromatic rings. The van der Waals surface area contributed by atoms with Crippen molar-refractivity contribution in [1.82, 2.24) is 14.7 Å². The van der Waals surface area contributed by atoms with Gasteiger partial charge < -0.3 is 14.4 Å². The van der Waals surface area contributed by atoms with Gasteiger partial charge in [-0.3, -0.25) is 9.48 Å². The fraction of sp³-hybridized carbons (Fsp3) is 0.476. The van der Waals surface area contributed by atoms with Crippen molar-refractivity contribution in [1.29, 1.82) is 5.26 Å². The quantitative estimate of drug-likeness (QED) is 0.797. The minimum atomic E-state index is -0.138. The normalized spacial score (nSPS) is 18.4. The van der Waals surface area contributed by atoms with Crippen LogP contribution in [0.1, 0.15) is 47.4 Å². The van der Waals surface area contributed by atoms with Gasteiger partial charge in [0.05, 0.1) is 42.1 Å². The molecule has 0 aliphatic carbocycles. The highest BCUT2D eigenvalue weighted by Crippen LogP contribution is 2.28. The molecule has 7 nitrogen and oxygen atoms in total. The van der Waals surface area contributed by atoms with Gasteiger partial charge in [-0.25, -0.2) is 0 Å². The Balaban J connectivity index is 1.49. The molecule has 0 N–H and O–H groups in total. The second kappa shape index (κ2) is 7.64. The molecule has 2 aliphatic rings. The van der Waals surface area contributed by atoms with Crippen molar-refractivity contribution in [3.05, 3.63) is 46.8 Å². The predicted molar refractivity (Wildman–Crippen MR) is 102 cm³/mol. The molecule has 0 radical (unpaired) electrons. The Kier molecular flexibility index (Phi) is 5.05. The van der Waals surface area contributed by atoms with Crippen LogP contribution >= 0.6 is 0 Å². The Morgan fingerprint density at radius 1 is 1.43 bits per heavy atom. The lowest BCUT2D eigenvalue weighted by molar-refractivity contribution is 0.0742. The van der Waals surface area contributed by atoms with Gasteiger partial charge in [-0.05, 0) is 38.5 Å². The molecular weight excluding hydrogens is 356 g/mol. The second-order valence-electron chi connectivity index (χ2n) is 7.70. The third kappa shape index (κ3) is 3.73. The maximum Gasteiger partial charge on any atom is 0.258 e. The average Bonchev–Trinajstić information content (AvgIpc) is 3.38. The molecule has 1 fully saturated rings. The van der Waals surface area contributed by atoms with Crippen LogP contribution in [0.4, 0.5) is 0 Å². The van der Waals surface area contributed by atoms with Gasteiger partial charge in [0.2, 0.25) is 0 Å². The zero-order chi connectivity index (χ0) is 19.7. The number of aromatic nitrogens is 2. The van der Waals surface area contributed by atoms with Crippen LogP contribution in [0.25, 0.3) is 0 Å². The number of nitriles is 1. The molecular formula is C21H24N4O3. The number of amides is 1. The molecule has 1 aromatic carbocycles. The summed E-state index contributed by atoms with van der Waals surface area (Å²) < 4.78 is 13.2. The van der Waals surface area contributed by atoms with Gasteiger partial charge in [-0.15, -0.1) is 0 Å². The van der Waals surface area contributed by atoms with E-state index in [1.54, 1.807) is 23.1 Å². The minimum Gasteiger partial charge on any atom is -0.490 e. The number of ether oxygens (including phenoxy) is 2. The fourth-order valence-corrected chi connectivity index (χ4v) is 3.73. The monoisotopic (exact) mass is 380 g/mol. The van der Waals surface area contributed by atoms with Crippen LogP contribution in [-0.4, -0.2) is 39.9 Å². The molecule has 146 valence electrons. The van der Waals surface area contributed by atoms with Crippen molar-refractivity contribution in [2.24, 2.45) is 5.92 Å². The highest BCUT2D eigenvalue weighted by molar-refractivity contribution is 5.97. The number of benzene rings is 1. The van der Waals surface area contributed by atoms with Crippen LogP contribution in [0.5, 0.6) is 5.75 Å². The first-order chi connectivity index (χ1) is 13.5. The zero-order valence-electron chi connectivity index (χ0n) is 16.2. The molecule has 2 aliphatic heterocycles. The summed E-state index contributed by atoms with van der Waals surface area (Å²) in [5, 5.41) is 13.9. The third-order valence-electron chi connectivity index (χ3n) is 5.08.